The Morgan fingerprint density at radius 1 is 1.25 bits per heavy atom. The van der Waals surface area contributed by atoms with Crippen LogP contribution in [-0.4, -0.2) is 34.4 Å². The van der Waals surface area contributed by atoms with E-state index >= 15 is 0 Å². The summed E-state index contributed by atoms with van der Waals surface area (Å²) in [6, 6.07) is 9.43. The lowest BCUT2D eigenvalue weighted by molar-refractivity contribution is 0.0741. The van der Waals surface area contributed by atoms with Crippen LogP contribution in [0.3, 0.4) is 0 Å². The van der Waals surface area contributed by atoms with Crippen molar-refractivity contribution in [3.63, 3.8) is 0 Å². The minimum absolute atomic E-state index is 0.0403. The summed E-state index contributed by atoms with van der Waals surface area (Å²) in [5, 5.41) is 1.20. The molecule has 0 spiro atoms. The first kappa shape index (κ1) is 14.8. The molecule has 3 heterocycles. The third-order valence-electron chi connectivity index (χ3n) is 4.72. The monoisotopic (exact) mass is 321 g/mol. The summed E-state index contributed by atoms with van der Waals surface area (Å²) in [4.78, 5) is 22.3. The number of nitrogens with zero attached hydrogens (tertiary/aromatic N) is 2. The van der Waals surface area contributed by atoms with Gasteiger partial charge in [-0.25, -0.2) is 0 Å². The van der Waals surface area contributed by atoms with E-state index in [1.807, 2.05) is 29.2 Å². The number of H-pyrrole nitrogens is 1. The van der Waals surface area contributed by atoms with Gasteiger partial charge in [0.05, 0.1) is 13.7 Å². The minimum atomic E-state index is -0.0403. The Balaban J connectivity index is 1.80. The molecular formula is C19H19N3O2. The Bertz CT molecular complexity index is 915. The van der Waals surface area contributed by atoms with Crippen LogP contribution in [0.15, 0.2) is 36.5 Å². The van der Waals surface area contributed by atoms with E-state index in [1.165, 1.54) is 10.9 Å². The molecule has 1 aliphatic heterocycles. The normalized spacial score (nSPS) is 13.8. The molecule has 1 aromatic carbocycles. The van der Waals surface area contributed by atoms with Crippen molar-refractivity contribution in [1.29, 1.82) is 0 Å². The Hall–Kier alpha value is -2.82. The van der Waals surface area contributed by atoms with Gasteiger partial charge in [-0.05, 0) is 43.2 Å². The molecule has 1 N–H and O–H groups in total. The Morgan fingerprint density at radius 2 is 2.12 bits per heavy atom. The predicted octanol–water partition coefficient (Wildman–Crippen LogP) is 3.08. The van der Waals surface area contributed by atoms with E-state index in [9.17, 15) is 4.79 Å². The summed E-state index contributed by atoms with van der Waals surface area (Å²) in [7, 11) is 1.67. The van der Waals surface area contributed by atoms with Crippen LogP contribution in [0.1, 0.15) is 27.3 Å². The van der Waals surface area contributed by atoms with E-state index in [-0.39, 0.29) is 5.91 Å². The van der Waals surface area contributed by atoms with Crippen molar-refractivity contribution < 1.29 is 9.53 Å². The number of nitrogens with one attached hydrogen (secondary N) is 1. The van der Waals surface area contributed by atoms with Gasteiger partial charge in [-0.2, -0.15) is 0 Å². The highest BCUT2D eigenvalue weighted by Crippen LogP contribution is 2.35. The van der Waals surface area contributed by atoms with Crippen LogP contribution >= 0.6 is 0 Å². The third-order valence-corrected chi connectivity index (χ3v) is 4.72. The maximum Gasteiger partial charge on any atom is 0.272 e. The van der Waals surface area contributed by atoms with E-state index in [4.69, 9.17) is 4.74 Å². The molecule has 0 fully saturated rings. The summed E-state index contributed by atoms with van der Waals surface area (Å²) in [6.45, 7) is 3.28. The lowest BCUT2D eigenvalue weighted by Crippen LogP contribution is -2.32. The number of carbonyl (C=O) groups is 1. The van der Waals surface area contributed by atoms with E-state index in [0.717, 1.165) is 28.9 Å². The first-order valence-electron chi connectivity index (χ1n) is 8.06. The number of carbonyl (C=O) groups excluding carboxylic acids is 1. The maximum atomic E-state index is 12.8. The average molecular weight is 321 g/mol. The number of benzene rings is 1. The lowest BCUT2D eigenvalue weighted by atomic mass is 10.0. The second-order valence-electron chi connectivity index (χ2n) is 6.09. The van der Waals surface area contributed by atoms with E-state index in [0.29, 0.717) is 18.8 Å². The zero-order chi connectivity index (χ0) is 16.7. The number of ether oxygens (including phenoxy) is 1. The predicted molar refractivity (Wildman–Crippen MR) is 92.3 cm³/mol. The zero-order valence-corrected chi connectivity index (χ0v) is 13.8. The molecule has 3 aromatic rings. The summed E-state index contributed by atoms with van der Waals surface area (Å²) >= 11 is 0. The highest BCUT2D eigenvalue weighted by atomic mass is 16.5. The minimum Gasteiger partial charge on any atom is -0.496 e. The highest BCUT2D eigenvalue weighted by molar-refractivity contribution is 5.94. The van der Waals surface area contributed by atoms with Gasteiger partial charge in [-0.3, -0.25) is 9.78 Å². The fourth-order valence-electron chi connectivity index (χ4n) is 3.54. The first-order chi connectivity index (χ1) is 11.7. The fourth-order valence-corrected chi connectivity index (χ4v) is 3.54. The topological polar surface area (TPSA) is 58.2 Å². The molecule has 0 unspecified atom stereocenters. The number of aromatic amines is 1. The lowest BCUT2D eigenvalue weighted by Gasteiger charge is -2.21. The van der Waals surface area contributed by atoms with Crippen molar-refractivity contribution in [3.05, 3.63) is 59.0 Å². The molecule has 122 valence electrons. The van der Waals surface area contributed by atoms with Crippen molar-refractivity contribution in [1.82, 2.24) is 14.9 Å². The molecular weight excluding hydrogens is 302 g/mol. The van der Waals surface area contributed by atoms with Crippen LogP contribution in [0.4, 0.5) is 0 Å². The van der Waals surface area contributed by atoms with E-state index in [2.05, 4.69) is 16.9 Å². The number of rotatable bonds is 2. The SMILES string of the molecule is COc1ccc2[nH]c(C)c3c2c1CN(C(=O)c1ccccn1)CC3. The van der Waals surface area contributed by atoms with Crippen LogP contribution in [0.5, 0.6) is 5.75 Å². The van der Waals surface area contributed by atoms with Crippen molar-refractivity contribution in [2.45, 2.75) is 19.9 Å². The van der Waals surface area contributed by atoms with Crippen LogP contribution in [0.2, 0.25) is 0 Å². The number of pyridine rings is 1. The van der Waals surface area contributed by atoms with Crippen molar-refractivity contribution in [2.75, 3.05) is 13.7 Å². The number of aromatic nitrogens is 2. The molecule has 1 aliphatic rings. The maximum absolute atomic E-state index is 12.8. The molecule has 0 bridgehead atoms. The van der Waals surface area contributed by atoms with Gasteiger partial charge in [0.25, 0.3) is 5.91 Å². The molecule has 0 aliphatic carbocycles. The average Bonchev–Trinajstić information content (AvgIpc) is 2.80. The molecule has 24 heavy (non-hydrogen) atoms. The second kappa shape index (κ2) is 5.67. The summed E-state index contributed by atoms with van der Waals surface area (Å²) in [5.74, 6) is 0.782. The molecule has 2 aromatic heterocycles. The van der Waals surface area contributed by atoms with Gasteiger partial charge in [-0.1, -0.05) is 6.07 Å². The smallest absolute Gasteiger partial charge is 0.272 e. The summed E-state index contributed by atoms with van der Waals surface area (Å²) in [5.41, 5.74) is 5.08. The molecule has 1 amide bonds. The Labute approximate surface area is 140 Å². The van der Waals surface area contributed by atoms with Gasteiger partial charge in [0.15, 0.2) is 0 Å². The molecule has 4 rings (SSSR count). The number of methoxy groups -OCH3 is 1. The quantitative estimate of drug-likeness (QED) is 0.789. The largest absolute Gasteiger partial charge is 0.496 e. The van der Waals surface area contributed by atoms with Crippen LogP contribution in [0, 0.1) is 6.92 Å². The molecule has 0 saturated heterocycles. The van der Waals surface area contributed by atoms with Crippen molar-refractivity contribution in [3.8, 4) is 5.75 Å². The van der Waals surface area contributed by atoms with Gasteiger partial charge in [0.1, 0.15) is 11.4 Å². The second-order valence-corrected chi connectivity index (χ2v) is 6.09. The summed E-state index contributed by atoms with van der Waals surface area (Å²) in [6.07, 6.45) is 2.48. The van der Waals surface area contributed by atoms with Gasteiger partial charge in [-0.15, -0.1) is 0 Å². The van der Waals surface area contributed by atoms with Crippen molar-refractivity contribution in [2.24, 2.45) is 0 Å². The third kappa shape index (κ3) is 2.24. The van der Waals surface area contributed by atoms with Gasteiger partial charge < -0.3 is 14.6 Å². The zero-order valence-electron chi connectivity index (χ0n) is 13.8. The fraction of sp³-hybridized carbons (Fsp3) is 0.263. The molecule has 5 nitrogen and oxygen atoms in total. The van der Waals surface area contributed by atoms with Crippen molar-refractivity contribution >= 4 is 16.8 Å². The number of hydrogen-bond acceptors (Lipinski definition) is 3. The van der Waals surface area contributed by atoms with Gasteiger partial charge >= 0.3 is 0 Å². The number of aryl methyl sites for hydroxylation is 1. The van der Waals surface area contributed by atoms with E-state index < -0.39 is 0 Å². The Morgan fingerprint density at radius 3 is 2.88 bits per heavy atom. The van der Waals surface area contributed by atoms with E-state index in [1.54, 1.807) is 19.4 Å². The van der Waals surface area contributed by atoms with Crippen LogP contribution in [0.25, 0.3) is 10.9 Å². The highest BCUT2D eigenvalue weighted by Gasteiger charge is 2.26. The standard InChI is InChI=1S/C19H19N3O2/c1-12-13-8-10-22(19(23)16-5-3-4-9-20-16)11-14-17(24-2)7-6-15(21-12)18(13)14/h3-7,9,21H,8,10-11H2,1-2H3. The van der Waals surface area contributed by atoms with Crippen LogP contribution in [-0.2, 0) is 13.0 Å². The molecule has 5 heteroatoms. The molecule has 0 atom stereocenters. The summed E-state index contributed by atoms with van der Waals surface area (Å²) < 4.78 is 5.56. The van der Waals surface area contributed by atoms with Gasteiger partial charge in [0, 0.05) is 34.9 Å². The van der Waals surface area contributed by atoms with Gasteiger partial charge in [0.2, 0.25) is 0 Å². The molecule has 0 radical (unpaired) electrons. The Kier molecular flexibility index (Phi) is 3.49. The first-order valence-corrected chi connectivity index (χ1v) is 8.06. The van der Waals surface area contributed by atoms with Crippen LogP contribution < -0.4 is 4.74 Å². The molecule has 0 saturated carbocycles. The number of hydrogen-bond donors (Lipinski definition) is 1. The number of amides is 1.